The van der Waals surface area contributed by atoms with Crippen molar-refractivity contribution in [3.63, 3.8) is 0 Å². The predicted molar refractivity (Wildman–Crippen MR) is 99.2 cm³/mol. The molecule has 4 nitrogen and oxygen atoms in total. The zero-order chi connectivity index (χ0) is 16.9. The van der Waals surface area contributed by atoms with Crippen molar-refractivity contribution in [3.8, 4) is 0 Å². The van der Waals surface area contributed by atoms with Crippen molar-refractivity contribution < 1.29 is 4.79 Å². The molecule has 1 amide bonds. The summed E-state index contributed by atoms with van der Waals surface area (Å²) in [6.07, 6.45) is 1.02. The van der Waals surface area contributed by atoms with Crippen LogP contribution in [0.2, 0.25) is 0 Å². The van der Waals surface area contributed by atoms with Crippen LogP contribution in [0, 0.1) is 5.92 Å². The number of aryl methyl sites for hydroxylation is 1. The van der Waals surface area contributed by atoms with Crippen LogP contribution in [0.5, 0.6) is 0 Å². The molecule has 3 rings (SSSR count). The Morgan fingerprint density at radius 3 is 2.71 bits per heavy atom. The average Bonchev–Trinajstić information content (AvgIpc) is 3.09. The minimum absolute atomic E-state index is 0.00147. The van der Waals surface area contributed by atoms with Crippen LogP contribution in [-0.2, 0) is 17.8 Å². The number of carbonyl (C=O) groups excluding carboxylic acids is 1. The Bertz CT molecular complexity index is 702. The maximum absolute atomic E-state index is 12.6. The molecule has 1 saturated heterocycles. The lowest BCUT2D eigenvalue weighted by atomic mass is 9.93. The maximum Gasteiger partial charge on any atom is 0.226 e. The summed E-state index contributed by atoms with van der Waals surface area (Å²) in [6, 6.07) is 16.5. The fourth-order valence-corrected chi connectivity index (χ4v) is 3.43. The van der Waals surface area contributed by atoms with Gasteiger partial charge in [0.1, 0.15) is 0 Å². The SMILES string of the molecule is CCc1ccc(C2NNCC2C(=O)NCc2cccc(Br)c2)cc1. The van der Waals surface area contributed by atoms with Crippen LogP contribution in [-0.4, -0.2) is 12.5 Å². The van der Waals surface area contributed by atoms with Crippen molar-refractivity contribution in [2.45, 2.75) is 25.9 Å². The van der Waals surface area contributed by atoms with Crippen molar-refractivity contribution in [1.82, 2.24) is 16.2 Å². The summed E-state index contributed by atoms with van der Waals surface area (Å²) < 4.78 is 1.02. The Hall–Kier alpha value is -1.69. The highest BCUT2D eigenvalue weighted by Crippen LogP contribution is 2.25. The van der Waals surface area contributed by atoms with Crippen LogP contribution >= 0.6 is 15.9 Å². The molecule has 2 aromatic carbocycles. The smallest absolute Gasteiger partial charge is 0.226 e. The summed E-state index contributed by atoms with van der Waals surface area (Å²) in [5.41, 5.74) is 9.88. The molecule has 2 atom stereocenters. The van der Waals surface area contributed by atoms with E-state index in [0.717, 1.165) is 22.0 Å². The van der Waals surface area contributed by atoms with Crippen molar-refractivity contribution in [2.75, 3.05) is 6.54 Å². The molecule has 0 aliphatic carbocycles. The summed E-state index contributed by atoms with van der Waals surface area (Å²) in [5.74, 6) is -0.0540. The van der Waals surface area contributed by atoms with Gasteiger partial charge in [0.15, 0.2) is 0 Å². The van der Waals surface area contributed by atoms with E-state index < -0.39 is 0 Å². The molecular formula is C19H22BrN3O. The second-order valence-electron chi connectivity index (χ2n) is 6.05. The van der Waals surface area contributed by atoms with Crippen LogP contribution in [0.4, 0.5) is 0 Å². The lowest BCUT2D eigenvalue weighted by Gasteiger charge is -2.19. The third-order valence-electron chi connectivity index (χ3n) is 4.42. The molecule has 2 aromatic rings. The fraction of sp³-hybridized carbons (Fsp3) is 0.316. The van der Waals surface area contributed by atoms with Gasteiger partial charge in [-0.25, -0.2) is 5.43 Å². The highest BCUT2D eigenvalue weighted by molar-refractivity contribution is 9.10. The van der Waals surface area contributed by atoms with Gasteiger partial charge in [-0.1, -0.05) is 59.3 Å². The van der Waals surface area contributed by atoms with E-state index in [2.05, 4.69) is 63.3 Å². The van der Waals surface area contributed by atoms with Gasteiger partial charge in [0.2, 0.25) is 5.91 Å². The van der Waals surface area contributed by atoms with Gasteiger partial charge in [0, 0.05) is 17.6 Å². The molecule has 0 radical (unpaired) electrons. The summed E-state index contributed by atoms with van der Waals surface area (Å²) >= 11 is 3.45. The molecule has 0 bridgehead atoms. The number of halogens is 1. The molecular weight excluding hydrogens is 366 g/mol. The topological polar surface area (TPSA) is 53.2 Å². The second kappa shape index (κ2) is 7.92. The molecule has 5 heteroatoms. The van der Waals surface area contributed by atoms with E-state index in [1.165, 1.54) is 5.56 Å². The standard InChI is InChI=1S/C19H22BrN3O/c1-2-13-6-8-15(9-7-13)18-17(12-22-23-18)19(24)21-11-14-4-3-5-16(20)10-14/h3-10,17-18,22-23H,2,11-12H2,1H3,(H,21,24). The minimum atomic E-state index is -0.121. The first kappa shape index (κ1) is 17.1. The summed E-state index contributed by atoms with van der Waals surface area (Å²) in [7, 11) is 0. The van der Waals surface area contributed by atoms with Gasteiger partial charge in [0.05, 0.1) is 12.0 Å². The molecule has 1 aliphatic rings. The summed E-state index contributed by atoms with van der Waals surface area (Å²) in [4.78, 5) is 12.6. The van der Waals surface area contributed by atoms with Crippen molar-refractivity contribution in [2.24, 2.45) is 5.92 Å². The average molecular weight is 388 g/mol. The Kier molecular flexibility index (Phi) is 5.66. The van der Waals surface area contributed by atoms with Gasteiger partial charge < -0.3 is 5.32 Å². The zero-order valence-corrected chi connectivity index (χ0v) is 15.3. The Morgan fingerprint density at radius 2 is 2.00 bits per heavy atom. The van der Waals surface area contributed by atoms with Crippen molar-refractivity contribution in [3.05, 3.63) is 69.7 Å². The van der Waals surface area contributed by atoms with Crippen LogP contribution in [0.1, 0.15) is 29.7 Å². The lowest BCUT2D eigenvalue weighted by molar-refractivity contribution is -0.125. The monoisotopic (exact) mass is 387 g/mol. The van der Waals surface area contributed by atoms with Gasteiger partial charge >= 0.3 is 0 Å². The number of hydrogen-bond donors (Lipinski definition) is 3. The van der Waals surface area contributed by atoms with Crippen molar-refractivity contribution >= 4 is 21.8 Å². The number of hydrazine groups is 1. The van der Waals surface area contributed by atoms with Crippen LogP contribution < -0.4 is 16.2 Å². The first-order valence-corrected chi connectivity index (χ1v) is 9.06. The maximum atomic E-state index is 12.6. The number of benzene rings is 2. The Morgan fingerprint density at radius 1 is 1.21 bits per heavy atom. The number of amides is 1. The zero-order valence-electron chi connectivity index (χ0n) is 13.7. The van der Waals surface area contributed by atoms with Gasteiger partial charge in [-0.3, -0.25) is 10.2 Å². The summed E-state index contributed by atoms with van der Waals surface area (Å²) in [5, 5.41) is 3.05. The first-order valence-electron chi connectivity index (χ1n) is 8.26. The third kappa shape index (κ3) is 4.04. The highest BCUT2D eigenvalue weighted by Gasteiger charge is 2.33. The van der Waals surface area contributed by atoms with Crippen LogP contribution in [0.3, 0.4) is 0 Å². The van der Waals surface area contributed by atoms with Crippen molar-refractivity contribution in [1.29, 1.82) is 0 Å². The molecule has 3 N–H and O–H groups in total. The van der Waals surface area contributed by atoms with Crippen LogP contribution in [0.15, 0.2) is 53.0 Å². The summed E-state index contributed by atoms with van der Waals surface area (Å²) in [6.45, 7) is 3.31. The van der Waals surface area contributed by atoms with Gasteiger partial charge in [-0.05, 0) is 35.2 Å². The largest absolute Gasteiger partial charge is 0.352 e. The van der Waals surface area contributed by atoms with E-state index >= 15 is 0 Å². The Balaban J connectivity index is 1.64. The molecule has 1 fully saturated rings. The molecule has 126 valence electrons. The predicted octanol–water partition coefficient (Wildman–Crippen LogP) is 3.09. The van der Waals surface area contributed by atoms with E-state index in [4.69, 9.17) is 0 Å². The van der Waals surface area contributed by atoms with Gasteiger partial charge in [-0.15, -0.1) is 0 Å². The normalized spacial score (nSPS) is 20.1. The molecule has 1 aliphatic heterocycles. The fourth-order valence-electron chi connectivity index (χ4n) is 2.98. The van der Waals surface area contributed by atoms with E-state index in [-0.39, 0.29) is 17.9 Å². The first-order chi connectivity index (χ1) is 11.7. The molecule has 1 heterocycles. The number of hydrogen-bond acceptors (Lipinski definition) is 3. The molecule has 0 aromatic heterocycles. The number of nitrogens with one attached hydrogen (secondary N) is 3. The van der Waals surface area contributed by atoms with E-state index in [9.17, 15) is 4.79 Å². The molecule has 24 heavy (non-hydrogen) atoms. The van der Waals surface area contributed by atoms with Gasteiger partial charge in [-0.2, -0.15) is 0 Å². The van der Waals surface area contributed by atoms with E-state index in [0.29, 0.717) is 13.1 Å². The van der Waals surface area contributed by atoms with Crippen LogP contribution in [0.25, 0.3) is 0 Å². The van der Waals surface area contributed by atoms with Gasteiger partial charge in [0.25, 0.3) is 0 Å². The lowest BCUT2D eigenvalue weighted by Crippen LogP contribution is -2.34. The number of rotatable bonds is 5. The Labute approximate surface area is 151 Å². The molecule has 2 unspecified atom stereocenters. The van der Waals surface area contributed by atoms with E-state index in [1.54, 1.807) is 0 Å². The van der Waals surface area contributed by atoms with E-state index in [1.807, 2.05) is 24.3 Å². The number of carbonyl (C=O) groups is 1. The minimum Gasteiger partial charge on any atom is -0.352 e. The molecule has 0 spiro atoms. The quantitative estimate of drug-likeness (QED) is 0.738. The highest BCUT2D eigenvalue weighted by atomic mass is 79.9. The third-order valence-corrected chi connectivity index (χ3v) is 4.91. The second-order valence-corrected chi connectivity index (χ2v) is 6.97. The molecule has 0 saturated carbocycles.